The molecule has 3 rings (SSSR count). The monoisotopic (exact) mass is 412 g/mol. The van der Waals surface area contributed by atoms with Crippen molar-refractivity contribution < 1.29 is 14.7 Å². The fraction of sp³-hybridized carbons (Fsp3) is 0.304. The lowest BCUT2D eigenvalue weighted by atomic mass is 9.93. The van der Waals surface area contributed by atoms with Crippen molar-refractivity contribution >= 4 is 29.1 Å². The number of hydrogen-bond donors (Lipinski definition) is 1. The Hall–Kier alpha value is -2.63. The number of aliphatic hydroxyl groups is 1. The summed E-state index contributed by atoms with van der Waals surface area (Å²) >= 11 is 6.19. The number of aryl methyl sites for hydroxylation is 2. The normalized spacial score (nSPS) is 18.7. The second kappa shape index (κ2) is 8.39. The Morgan fingerprint density at radius 2 is 1.86 bits per heavy atom. The average Bonchev–Trinajstić information content (AvgIpc) is 2.92. The third-order valence-corrected chi connectivity index (χ3v) is 5.38. The highest BCUT2D eigenvalue weighted by atomic mass is 35.5. The zero-order chi connectivity index (χ0) is 21.3. The number of aliphatic hydroxyl groups excluding tert-OH is 1. The molecule has 1 atom stereocenters. The van der Waals surface area contributed by atoms with Gasteiger partial charge in [-0.15, -0.1) is 0 Å². The van der Waals surface area contributed by atoms with Gasteiger partial charge in [0.15, 0.2) is 0 Å². The van der Waals surface area contributed by atoms with Crippen LogP contribution in [0.4, 0.5) is 0 Å². The van der Waals surface area contributed by atoms with Crippen molar-refractivity contribution in [1.82, 2.24) is 9.80 Å². The van der Waals surface area contributed by atoms with Crippen molar-refractivity contribution in [2.24, 2.45) is 0 Å². The van der Waals surface area contributed by atoms with Gasteiger partial charge in [0.05, 0.1) is 11.6 Å². The SMILES string of the molecule is Cc1ccc(C)c(C(O)=C2C(=O)C(=O)N(CCN(C)C)[C@H]2c2cccc(Cl)c2)c1. The van der Waals surface area contributed by atoms with Crippen molar-refractivity contribution in [3.05, 3.63) is 75.3 Å². The van der Waals surface area contributed by atoms with Crippen molar-refractivity contribution in [2.75, 3.05) is 27.2 Å². The molecule has 0 saturated carbocycles. The Morgan fingerprint density at radius 1 is 1.14 bits per heavy atom. The molecular formula is C23H25ClN2O3. The molecule has 0 bridgehead atoms. The van der Waals surface area contributed by atoms with Crippen LogP contribution in [0, 0.1) is 13.8 Å². The third kappa shape index (κ3) is 4.21. The molecule has 0 radical (unpaired) electrons. The average molecular weight is 413 g/mol. The van der Waals surface area contributed by atoms with Gasteiger partial charge in [-0.05, 0) is 57.3 Å². The van der Waals surface area contributed by atoms with Gasteiger partial charge in [0, 0.05) is 23.7 Å². The summed E-state index contributed by atoms with van der Waals surface area (Å²) < 4.78 is 0. The number of hydrogen-bond acceptors (Lipinski definition) is 4. The van der Waals surface area contributed by atoms with E-state index in [0.717, 1.165) is 11.1 Å². The van der Waals surface area contributed by atoms with E-state index < -0.39 is 17.7 Å². The lowest BCUT2D eigenvalue weighted by molar-refractivity contribution is -0.140. The van der Waals surface area contributed by atoms with E-state index in [2.05, 4.69) is 0 Å². The maximum Gasteiger partial charge on any atom is 0.295 e. The second-order valence-corrected chi connectivity index (χ2v) is 8.11. The molecule has 5 nitrogen and oxygen atoms in total. The van der Waals surface area contributed by atoms with E-state index in [-0.39, 0.29) is 11.3 Å². The van der Waals surface area contributed by atoms with E-state index in [1.807, 2.05) is 57.1 Å². The Bertz CT molecular complexity index is 997. The van der Waals surface area contributed by atoms with Crippen molar-refractivity contribution in [3.63, 3.8) is 0 Å². The Balaban J connectivity index is 2.20. The van der Waals surface area contributed by atoms with Gasteiger partial charge in [-0.2, -0.15) is 0 Å². The summed E-state index contributed by atoms with van der Waals surface area (Å²) in [4.78, 5) is 29.3. The maximum absolute atomic E-state index is 13.0. The topological polar surface area (TPSA) is 60.9 Å². The molecule has 0 unspecified atom stereocenters. The minimum Gasteiger partial charge on any atom is -0.507 e. The van der Waals surface area contributed by atoms with E-state index in [9.17, 15) is 14.7 Å². The molecule has 29 heavy (non-hydrogen) atoms. The molecule has 152 valence electrons. The van der Waals surface area contributed by atoms with Crippen molar-refractivity contribution in [2.45, 2.75) is 19.9 Å². The van der Waals surface area contributed by atoms with E-state index in [1.54, 1.807) is 18.2 Å². The highest BCUT2D eigenvalue weighted by Crippen LogP contribution is 2.40. The molecule has 0 spiro atoms. The van der Waals surface area contributed by atoms with Crippen LogP contribution in [-0.4, -0.2) is 53.8 Å². The summed E-state index contributed by atoms with van der Waals surface area (Å²) in [6.07, 6.45) is 0. The minimum atomic E-state index is -0.687. The number of ketones is 1. The number of likely N-dealkylation sites (tertiary alicyclic amines) is 1. The molecule has 2 aromatic rings. The van der Waals surface area contributed by atoms with Crippen molar-refractivity contribution in [1.29, 1.82) is 0 Å². The van der Waals surface area contributed by atoms with Crippen LogP contribution in [-0.2, 0) is 9.59 Å². The van der Waals surface area contributed by atoms with Crippen LogP contribution in [0.3, 0.4) is 0 Å². The molecule has 1 aliphatic heterocycles. The van der Waals surface area contributed by atoms with Crippen LogP contribution in [0.5, 0.6) is 0 Å². The van der Waals surface area contributed by atoms with Gasteiger partial charge in [0.1, 0.15) is 5.76 Å². The van der Waals surface area contributed by atoms with Crippen LogP contribution >= 0.6 is 11.6 Å². The number of rotatable bonds is 5. The molecule has 1 fully saturated rings. The number of benzene rings is 2. The summed E-state index contributed by atoms with van der Waals surface area (Å²) in [5.41, 5.74) is 3.14. The van der Waals surface area contributed by atoms with E-state index in [4.69, 9.17) is 11.6 Å². The first-order valence-electron chi connectivity index (χ1n) is 9.47. The lowest BCUT2D eigenvalue weighted by Gasteiger charge is -2.26. The summed E-state index contributed by atoms with van der Waals surface area (Å²) in [6.45, 7) is 4.73. The fourth-order valence-electron chi connectivity index (χ4n) is 3.58. The van der Waals surface area contributed by atoms with Gasteiger partial charge < -0.3 is 14.9 Å². The number of carbonyl (C=O) groups is 2. The molecule has 0 aromatic heterocycles. The highest BCUT2D eigenvalue weighted by Gasteiger charge is 2.46. The predicted octanol–water partition coefficient (Wildman–Crippen LogP) is 3.94. The van der Waals surface area contributed by atoms with Crippen LogP contribution in [0.1, 0.15) is 28.3 Å². The van der Waals surface area contributed by atoms with Gasteiger partial charge in [-0.3, -0.25) is 9.59 Å². The summed E-state index contributed by atoms with van der Waals surface area (Å²) in [5.74, 6) is -1.43. The van der Waals surface area contributed by atoms with E-state index in [0.29, 0.717) is 29.2 Å². The summed E-state index contributed by atoms with van der Waals surface area (Å²) in [6, 6.07) is 12.0. The standard InChI is InChI=1S/C23H25ClN2O3/c1-14-8-9-15(2)18(12-14)21(27)19-20(16-6-5-7-17(24)13-16)26(11-10-25(3)4)23(29)22(19)28/h5-9,12-13,20,27H,10-11H2,1-4H3/t20-/m0/s1. The molecule has 6 heteroatoms. The minimum absolute atomic E-state index is 0.102. The Labute approximate surface area is 176 Å². The summed E-state index contributed by atoms with van der Waals surface area (Å²) in [7, 11) is 3.81. The number of halogens is 1. The van der Waals surface area contributed by atoms with E-state index >= 15 is 0 Å². The first-order chi connectivity index (χ1) is 13.7. The van der Waals surface area contributed by atoms with Crippen LogP contribution in [0.15, 0.2) is 48.0 Å². The second-order valence-electron chi connectivity index (χ2n) is 7.67. The zero-order valence-electron chi connectivity index (χ0n) is 17.1. The molecule has 1 N–H and O–H groups in total. The quantitative estimate of drug-likeness (QED) is 0.459. The van der Waals surface area contributed by atoms with Gasteiger partial charge in [-0.1, -0.05) is 41.4 Å². The first kappa shape index (κ1) is 21.1. The third-order valence-electron chi connectivity index (χ3n) is 5.14. The number of Topliss-reactive ketones (excluding diaryl/α,β-unsaturated/α-hetero) is 1. The number of carbonyl (C=O) groups excluding carboxylic acids is 2. The number of amides is 1. The molecule has 1 aliphatic rings. The lowest BCUT2D eigenvalue weighted by Crippen LogP contribution is -2.35. The van der Waals surface area contributed by atoms with Crippen LogP contribution in [0.25, 0.3) is 5.76 Å². The van der Waals surface area contributed by atoms with Gasteiger partial charge in [0.25, 0.3) is 11.7 Å². The molecular weight excluding hydrogens is 388 g/mol. The summed E-state index contributed by atoms with van der Waals surface area (Å²) in [5, 5.41) is 11.7. The number of likely N-dealkylation sites (N-methyl/N-ethyl adjacent to an activating group) is 1. The first-order valence-corrected chi connectivity index (χ1v) is 9.84. The zero-order valence-corrected chi connectivity index (χ0v) is 17.8. The number of nitrogens with zero attached hydrogens (tertiary/aromatic N) is 2. The maximum atomic E-state index is 13.0. The van der Waals surface area contributed by atoms with Crippen molar-refractivity contribution in [3.8, 4) is 0 Å². The molecule has 2 aromatic carbocycles. The largest absolute Gasteiger partial charge is 0.507 e. The van der Waals surface area contributed by atoms with Crippen LogP contribution < -0.4 is 0 Å². The Morgan fingerprint density at radius 3 is 2.52 bits per heavy atom. The van der Waals surface area contributed by atoms with E-state index in [1.165, 1.54) is 4.90 Å². The molecule has 1 heterocycles. The molecule has 1 saturated heterocycles. The van der Waals surface area contributed by atoms with Gasteiger partial charge >= 0.3 is 0 Å². The molecule has 1 amide bonds. The highest BCUT2D eigenvalue weighted by molar-refractivity contribution is 6.46. The van der Waals surface area contributed by atoms with Gasteiger partial charge in [-0.25, -0.2) is 0 Å². The Kier molecular flexibility index (Phi) is 6.10. The van der Waals surface area contributed by atoms with Gasteiger partial charge in [0.2, 0.25) is 0 Å². The predicted molar refractivity (Wildman–Crippen MR) is 115 cm³/mol. The smallest absolute Gasteiger partial charge is 0.295 e. The van der Waals surface area contributed by atoms with Crippen LogP contribution in [0.2, 0.25) is 5.02 Å². The fourth-order valence-corrected chi connectivity index (χ4v) is 3.78. The molecule has 0 aliphatic carbocycles.